The second kappa shape index (κ2) is 14.3. The Labute approximate surface area is 281 Å². The monoisotopic (exact) mass is 701 g/mol. The summed E-state index contributed by atoms with van der Waals surface area (Å²) in [7, 11) is -3.64. The SMILES string of the molecule is Cc1nc2c(c(=O)n1CCOC1CCC(Cl)CC1C1CC(C)NC3C(C(=O)NS(C)(=O)=O)CSC13)CC(N1CCC[C@H](F)C1)CC2. The number of aryl methyl sites for hydroxylation is 2. The lowest BCUT2D eigenvalue weighted by molar-refractivity contribution is -0.123. The fourth-order valence-corrected chi connectivity index (χ4v) is 11.5. The van der Waals surface area contributed by atoms with E-state index in [1.807, 2.05) is 6.92 Å². The molecule has 3 aliphatic heterocycles. The number of likely N-dealkylation sites (tertiary alicyclic amines) is 1. The smallest absolute Gasteiger partial charge is 0.257 e. The van der Waals surface area contributed by atoms with Gasteiger partial charge >= 0.3 is 0 Å². The number of carbonyl (C=O) groups excluding carboxylic acids is 1. The highest BCUT2D eigenvalue weighted by molar-refractivity contribution is 8.00. The third-order valence-corrected chi connectivity index (χ3v) is 13.5. The lowest BCUT2D eigenvalue weighted by Crippen LogP contribution is -2.58. The number of thioether (sulfide) groups is 1. The van der Waals surface area contributed by atoms with Crippen LogP contribution in [0, 0.1) is 24.7 Å². The minimum atomic E-state index is -3.64. The molecule has 0 spiro atoms. The number of sulfonamides is 1. The van der Waals surface area contributed by atoms with E-state index in [0.717, 1.165) is 69.0 Å². The van der Waals surface area contributed by atoms with Crippen molar-refractivity contribution >= 4 is 39.3 Å². The molecule has 5 aliphatic rings. The summed E-state index contributed by atoms with van der Waals surface area (Å²) in [4.78, 5) is 33.8. The highest BCUT2D eigenvalue weighted by Crippen LogP contribution is 2.48. The molecule has 4 heterocycles. The van der Waals surface area contributed by atoms with Crippen LogP contribution in [-0.4, -0.2) is 102 Å². The van der Waals surface area contributed by atoms with Gasteiger partial charge in [-0.25, -0.2) is 17.8 Å². The molecule has 14 heteroatoms. The molecular weight excluding hydrogens is 653 g/mol. The van der Waals surface area contributed by atoms with Crippen molar-refractivity contribution in [2.45, 2.75) is 119 Å². The molecule has 0 aromatic carbocycles. The number of hydrogen-bond donors (Lipinski definition) is 2. The van der Waals surface area contributed by atoms with E-state index in [0.29, 0.717) is 44.1 Å². The fourth-order valence-electron chi connectivity index (χ4n) is 8.85. The molecule has 9 unspecified atom stereocenters. The van der Waals surface area contributed by atoms with Gasteiger partial charge in [0.2, 0.25) is 15.9 Å². The number of nitrogens with zero attached hydrogens (tertiary/aromatic N) is 3. The molecule has 0 bridgehead atoms. The molecular formula is C32H49ClFN5O5S2. The molecule has 258 valence electrons. The van der Waals surface area contributed by atoms with Crippen molar-refractivity contribution in [3.8, 4) is 0 Å². The van der Waals surface area contributed by atoms with Crippen LogP contribution in [0.15, 0.2) is 4.79 Å². The molecule has 4 fully saturated rings. The molecule has 10 nitrogen and oxygen atoms in total. The van der Waals surface area contributed by atoms with Crippen LogP contribution in [0.25, 0.3) is 0 Å². The molecule has 0 radical (unpaired) electrons. The zero-order valence-electron chi connectivity index (χ0n) is 27.1. The molecule has 1 amide bonds. The Kier molecular flexibility index (Phi) is 10.8. The minimum absolute atomic E-state index is 0.00131. The average Bonchev–Trinajstić information content (AvgIpc) is 3.42. The van der Waals surface area contributed by atoms with E-state index in [4.69, 9.17) is 21.3 Å². The molecule has 1 saturated carbocycles. The molecule has 46 heavy (non-hydrogen) atoms. The quantitative estimate of drug-likeness (QED) is 0.394. The van der Waals surface area contributed by atoms with Crippen molar-refractivity contribution in [3.05, 3.63) is 27.4 Å². The number of ether oxygens (including phenoxy) is 1. The van der Waals surface area contributed by atoms with Gasteiger partial charge in [0.25, 0.3) is 5.56 Å². The first kappa shape index (κ1) is 34.6. The number of carbonyl (C=O) groups is 1. The summed E-state index contributed by atoms with van der Waals surface area (Å²) in [6.45, 7) is 6.15. The summed E-state index contributed by atoms with van der Waals surface area (Å²) in [5.41, 5.74) is 1.66. The molecule has 10 atom stereocenters. The summed E-state index contributed by atoms with van der Waals surface area (Å²) in [6, 6.07) is 0.229. The lowest BCUT2D eigenvalue weighted by Gasteiger charge is -2.47. The van der Waals surface area contributed by atoms with Crippen LogP contribution >= 0.6 is 23.4 Å². The van der Waals surface area contributed by atoms with Crippen LogP contribution < -0.4 is 15.6 Å². The Bertz CT molecular complexity index is 1450. The normalized spacial score (nSPS) is 37.0. The van der Waals surface area contributed by atoms with Crippen LogP contribution in [0.1, 0.15) is 69.0 Å². The van der Waals surface area contributed by atoms with Crippen LogP contribution in [-0.2, 0) is 38.9 Å². The summed E-state index contributed by atoms with van der Waals surface area (Å²) in [5, 5.41) is 3.81. The van der Waals surface area contributed by atoms with Crippen molar-refractivity contribution in [1.82, 2.24) is 24.5 Å². The van der Waals surface area contributed by atoms with E-state index in [1.54, 1.807) is 16.3 Å². The second-order valence-corrected chi connectivity index (χ2v) is 17.9. The standard InChI is InChI=1S/C32H49ClFN5O5S2/c1-18-13-24(30-29(35-18)26(17-45-30)31(40)37-46(3,42)43)23-14-20(33)6-9-28(23)44-12-11-39-19(2)36-27-8-7-22(15-25(27)32(39)41)38-10-4-5-21(34)16-38/h18,20-24,26,28-30,35H,4-17H2,1-3H3,(H,37,40)/t18?,20?,21-,22?,23?,24?,26?,28?,29?,30?/m0/s1. The van der Waals surface area contributed by atoms with Gasteiger partial charge in [0, 0.05) is 46.6 Å². The van der Waals surface area contributed by atoms with E-state index < -0.39 is 28.0 Å². The lowest BCUT2D eigenvalue weighted by atomic mass is 9.70. The predicted octanol–water partition coefficient (Wildman–Crippen LogP) is 2.81. The topological polar surface area (TPSA) is 123 Å². The molecule has 3 saturated heterocycles. The second-order valence-electron chi connectivity index (χ2n) is 14.3. The first-order valence-electron chi connectivity index (χ1n) is 17.0. The van der Waals surface area contributed by atoms with Crippen molar-refractivity contribution < 1.29 is 22.3 Å². The van der Waals surface area contributed by atoms with Gasteiger partial charge in [-0.2, -0.15) is 11.8 Å². The third-order valence-electron chi connectivity index (χ3n) is 11.0. The van der Waals surface area contributed by atoms with Crippen LogP contribution in [0.5, 0.6) is 0 Å². The Morgan fingerprint density at radius 2 is 2.02 bits per heavy atom. The average molecular weight is 702 g/mol. The summed E-state index contributed by atoms with van der Waals surface area (Å²) in [6.07, 6.45) is 7.41. The zero-order chi connectivity index (χ0) is 32.7. The van der Waals surface area contributed by atoms with Gasteiger partial charge in [0.1, 0.15) is 12.0 Å². The zero-order valence-corrected chi connectivity index (χ0v) is 29.5. The maximum atomic E-state index is 14.1. The van der Waals surface area contributed by atoms with E-state index in [1.165, 1.54) is 0 Å². The summed E-state index contributed by atoms with van der Waals surface area (Å²) in [5.74, 6) is 0.855. The third kappa shape index (κ3) is 7.64. The number of rotatable bonds is 8. The largest absolute Gasteiger partial charge is 0.376 e. The summed E-state index contributed by atoms with van der Waals surface area (Å²) < 4.78 is 48.3. The van der Waals surface area contributed by atoms with Crippen LogP contribution in [0.2, 0.25) is 0 Å². The molecule has 1 aromatic heterocycles. The van der Waals surface area contributed by atoms with Crippen molar-refractivity contribution in [2.24, 2.45) is 17.8 Å². The first-order chi connectivity index (χ1) is 21.9. The number of aromatic nitrogens is 2. The number of nitrogens with one attached hydrogen (secondary N) is 2. The molecule has 1 aromatic rings. The van der Waals surface area contributed by atoms with Gasteiger partial charge in [-0.1, -0.05) is 0 Å². The predicted molar refractivity (Wildman–Crippen MR) is 179 cm³/mol. The van der Waals surface area contributed by atoms with E-state index in [-0.39, 0.29) is 52.3 Å². The maximum absolute atomic E-state index is 14.1. The maximum Gasteiger partial charge on any atom is 0.257 e. The van der Waals surface area contributed by atoms with Gasteiger partial charge in [0.15, 0.2) is 0 Å². The van der Waals surface area contributed by atoms with Gasteiger partial charge in [-0.3, -0.25) is 23.8 Å². The van der Waals surface area contributed by atoms with E-state index in [2.05, 4.69) is 21.9 Å². The highest BCUT2D eigenvalue weighted by atomic mass is 35.5. The van der Waals surface area contributed by atoms with Crippen molar-refractivity contribution in [1.29, 1.82) is 0 Å². The number of hydrogen-bond acceptors (Lipinski definition) is 9. The van der Waals surface area contributed by atoms with Crippen LogP contribution in [0.4, 0.5) is 4.39 Å². The van der Waals surface area contributed by atoms with E-state index in [9.17, 15) is 22.4 Å². The Balaban J connectivity index is 1.13. The number of fused-ring (bicyclic) bond motifs is 2. The first-order valence-corrected chi connectivity index (χ1v) is 20.4. The number of piperidine rings is 2. The van der Waals surface area contributed by atoms with Gasteiger partial charge < -0.3 is 10.1 Å². The van der Waals surface area contributed by atoms with Crippen LogP contribution in [0.3, 0.4) is 0 Å². The Morgan fingerprint density at radius 1 is 1.22 bits per heavy atom. The van der Waals surface area contributed by atoms with Crippen molar-refractivity contribution in [2.75, 3.05) is 31.7 Å². The number of amides is 1. The summed E-state index contributed by atoms with van der Waals surface area (Å²) >= 11 is 8.50. The van der Waals surface area contributed by atoms with E-state index >= 15 is 0 Å². The van der Waals surface area contributed by atoms with Gasteiger partial charge in [-0.05, 0) is 90.0 Å². The number of alkyl halides is 2. The minimum Gasteiger partial charge on any atom is -0.376 e. The van der Waals surface area contributed by atoms with Gasteiger partial charge in [-0.15, -0.1) is 11.6 Å². The Hall–Kier alpha value is -1.25. The molecule has 2 N–H and O–H groups in total. The molecule has 6 rings (SSSR count). The Morgan fingerprint density at radius 3 is 2.78 bits per heavy atom. The van der Waals surface area contributed by atoms with Gasteiger partial charge in [0.05, 0.1) is 37.1 Å². The highest BCUT2D eigenvalue weighted by Gasteiger charge is 2.52. The fraction of sp³-hybridized carbons (Fsp3) is 0.844. The van der Waals surface area contributed by atoms with Crippen molar-refractivity contribution in [3.63, 3.8) is 0 Å². The molecule has 2 aliphatic carbocycles. The number of halogens is 2.